The highest BCUT2D eigenvalue weighted by Gasteiger charge is 2.24. The summed E-state index contributed by atoms with van der Waals surface area (Å²) in [6.07, 6.45) is 0. The number of aromatic carboxylic acids is 1. The summed E-state index contributed by atoms with van der Waals surface area (Å²) in [5.74, 6) is -1.70. The highest BCUT2D eigenvalue weighted by Crippen LogP contribution is 2.25. The van der Waals surface area contributed by atoms with Crippen LogP contribution in [0.25, 0.3) is 0 Å². The largest absolute Gasteiger partial charge is 0.475 e. The molecule has 0 spiro atoms. The van der Waals surface area contributed by atoms with Crippen LogP contribution in [0.1, 0.15) is 16.3 Å². The van der Waals surface area contributed by atoms with Crippen molar-refractivity contribution in [3.05, 3.63) is 45.4 Å². The van der Waals surface area contributed by atoms with Crippen LogP contribution in [-0.4, -0.2) is 19.5 Å². The summed E-state index contributed by atoms with van der Waals surface area (Å²) >= 11 is 2.00. The molecule has 0 aliphatic rings. The standard InChI is InChI=1S/C12H10INO5S/c1-7-11(6-10(19-7)12(15)16)20(17,18)14-9-5-3-2-4-8(9)13/h2-6,14H,1H3,(H,15,16). The van der Waals surface area contributed by atoms with E-state index in [-0.39, 0.29) is 10.7 Å². The van der Waals surface area contributed by atoms with Crippen LogP contribution in [-0.2, 0) is 10.0 Å². The molecule has 0 bridgehead atoms. The number of hydrogen-bond acceptors (Lipinski definition) is 4. The summed E-state index contributed by atoms with van der Waals surface area (Å²) in [7, 11) is -3.89. The topological polar surface area (TPSA) is 96.6 Å². The second kappa shape index (κ2) is 5.44. The predicted octanol–water partition coefficient (Wildman–Crippen LogP) is 2.69. The first kappa shape index (κ1) is 14.9. The van der Waals surface area contributed by atoms with E-state index in [1.165, 1.54) is 6.92 Å². The average molecular weight is 407 g/mol. The summed E-state index contributed by atoms with van der Waals surface area (Å²) in [6, 6.07) is 7.85. The maximum atomic E-state index is 12.2. The molecule has 0 radical (unpaired) electrons. The first-order valence-electron chi connectivity index (χ1n) is 5.42. The number of nitrogens with one attached hydrogen (secondary N) is 1. The number of carboxylic acid groups (broad SMARTS) is 1. The molecular weight excluding hydrogens is 397 g/mol. The predicted molar refractivity (Wildman–Crippen MR) is 80.4 cm³/mol. The fourth-order valence-corrected chi connectivity index (χ4v) is 3.55. The number of anilines is 1. The van der Waals surface area contributed by atoms with E-state index >= 15 is 0 Å². The van der Waals surface area contributed by atoms with E-state index in [9.17, 15) is 13.2 Å². The van der Waals surface area contributed by atoms with Gasteiger partial charge in [0.1, 0.15) is 10.7 Å². The Bertz CT molecular complexity index is 766. The van der Waals surface area contributed by atoms with Crippen LogP contribution in [0.2, 0.25) is 0 Å². The summed E-state index contributed by atoms with van der Waals surface area (Å²) in [5.41, 5.74) is 0.422. The lowest BCUT2D eigenvalue weighted by molar-refractivity contribution is 0.0661. The molecule has 8 heteroatoms. The van der Waals surface area contributed by atoms with Gasteiger partial charge in [-0.25, -0.2) is 13.2 Å². The smallest absolute Gasteiger partial charge is 0.371 e. The summed E-state index contributed by atoms with van der Waals surface area (Å²) in [5, 5.41) is 8.81. The van der Waals surface area contributed by atoms with E-state index in [2.05, 4.69) is 4.72 Å². The van der Waals surface area contributed by atoms with Gasteiger partial charge in [-0.05, 0) is 41.6 Å². The van der Waals surface area contributed by atoms with E-state index in [0.29, 0.717) is 5.69 Å². The molecule has 2 rings (SSSR count). The Hall–Kier alpha value is -1.55. The minimum Gasteiger partial charge on any atom is -0.475 e. The fraction of sp³-hybridized carbons (Fsp3) is 0.0833. The van der Waals surface area contributed by atoms with Crippen LogP contribution < -0.4 is 4.72 Å². The molecule has 0 atom stereocenters. The molecule has 0 unspecified atom stereocenters. The number of para-hydroxylation sites is 1. The lowest BCUT2D eigenvalue weighted by atomic mass is 10.3. The van der Waals surface area contributed by atoms with Gasteiger partial charge >= 0.3 is 5.97 Å². The number of carboxylic acids is 1. The van der Waals surface area contributed by atoms with Crippen molar-refractivity contribution in [3.8, 4) is 0 Å². The van der Waals surface area contributed by atoms with Crippen LogP contribution in [0.15, 0.2) is 39.6 Å². The van der Waals surface area contributed by atoms with Crippen molar-refractivity contribution in [2.24, 2.45) is 0 Å². The van der Waals surface area contributed by atoms with Crippen molar-refractivity contribution in [2.45, 2.75) is 11.8 Å². The number of benzene rings is 1. The maximum absolute atomic E-state index is 12.2. The van der Waals surface area contributed by atoms with E-state index in [1.54, 1.807) is 24.3 Å². The molecule has 20 heavy (non-hydrogen) atoms. The third kappa shape index (κ3) is 2.96. The van der Waals surface area contributed by atoms with E-state index in [4.69, 9.17) is 9.52 Å². The lowest BCUT2D eigenvalue weighted by Gasteiger charge is -2.08. The molecule has 1 aromatic heterocycles. The third-order valence-corrected chi connectivity index (χ3v) is 4.90. The molecule has 1 aromatic carbocycles. The Morgan fingerprint density at radius 3 is 2.55 bits per heavy atom. The first-order valence-corrected chi connectivity index (χ1v) is 7.98. The highest BCUT2D eigenvalue weighted by atomic mass is 127. The number of carbonyl (C=O) groups is 1. The normalized spacial score (nSPS) is 11.3. The van der Waals surface area contributed by atoms with E-state index < -0.39 is 21.8 Å². The molecule has 0 amide bonds. The lowest BCUT2D eigenvalue weighted by Crippen LogP contribution is -2.14. The van der Waals surface area contributed by atoms with Gasteiger partial charge in [0.2, 0.25) is 5.76 Å². The van der Waals surface area contributed by atoms with Crippen molar-refractivity contribution in [1.82, 2.24) is 0 Å². The maximum Gasteiger partial charge on any atom is 0.371 e. The fourth-order valence-electron chi connectivity index (χ4n) is 1.58. The van der Waals surface area contributed by atoms with Gasteiger partial charge < -0.3 is 9.52 Å². The molecule has 1 heterocycles. The SMILES string of the molecule is Cc1oc(C(=O)O)cc1S(=O)(=O)Nc1ccccc1I. The Labute approximate surface area is 129 Å². The molecule has 6 nitrogen and oxygen atoms in total. The number of aryl methyl sites for hydroxylation is 1. The third-order valence-electron chi connectivity index (χ3n) is 2.49. The van der Waals surface area contributed by atoms with Crippen molar-refractivity contribution >= 4 is 44.3 Å². The van der Waals surface area contributed by atoms with Crippen LogP contribution in [0.3, 0.4) is 0 Å². The molecule has 0 saturated carbocycles. The average Bonchev–Trinajstić information content (AvgIpc) is 2.75. The van der Waals surface area contributed by atoms with Crippen LogP contribution >= 0.6 is 22.6 Å². The zero-order valence-corrected chi connectivity index (χ0v) is 13.2. The number of rotatable bonds is 4. The second-order valence-corrected chi connectivity index (χ2v) is 6.73. The molecule has 0 saturated heterocycles. The quantitative estimate of drug-likeness (QED) is 0.760. The van der Waals surface area contributed by atoms with Crippen molar-refractivity contribution in [3.63, 3.8) is 0 Å². The van der Waals surface area contributed by atoms with Crippen molar-refractivity contribution in [2.75, 3.05) is 4.72 Å². The molecule has 0 aliphatic carbocycles. The van der Waals surface area contributed by atoms with Gasteiger partial charge in [0.25, 0.3) is 10.0 Å². The number of furan rings is 1. The first-order chi connectivity index (χ1) is 9.31. The molecule has 106 valence electrons. The van der Waals surface area contributed by atoms with Gasteiger partial charge in [-0.3, -0.25) is 4.72 Å². The van der Waals surface area contributed by atoms with Crippen LogP contribution in [0, 0.1) is 10.5 Å². The summed E-state index contributed by atoms with van der Waals surface area (Å²) in [4.78, 5) is 10.6. The zero-order valence-electron chi connectivity index (χ0n) is 10.3. The number of hydrogen-bond donors (Lipinski definition) is 2. The van der Waals surface area contributed by atoms with Gasteiger partial charge in [0.15, 0.2) is 0 Å². The van der Waals surface area contributed by atoms with Gasteiger partial charge in [-0.2, -0.15) is 0 Å². The minimum atomic E-state index is -3.89. The molecule has 0 fully saturated rings. The molecule has 2 N–H and O–H groups in total. The number of sulfonamides is 1. The Morgan fingerprint density at radius 1 is 1.35 bits per heavy atom. The molecule has 0 aliphatic heterocycles. The minimum absolute atomic E-state index is 0.0286. The second-order valence-electron chi connectivity index (χ2n) is 3.92. The van der Waals surface area contributed by atoms with Gasteiger partial charge in [0, 0.05) is 9.64 Å². The van der Waals surface area contributed by atoms with Crippen molar-refractivity contribution < 1.29 is 22.7 Å². The monoisotopic (exact) mass is 407 g/mol. The van der Waals surface area contributed by atoms with Gasteiger partial charge in [-0.15, -0.1) is 0 Å². The van der Waals surface area contributed by atoms with Gasteiger partial charge in [-0.1, -0.05) is 12.1 Å². The Morgan fingerprint density at radius 2 is 2.00 bits per heavy atom. The highest BCUT2D eigenvalue weighted by molar-refractivity contribution is 14.1. The van der Waals surface area contributed by atoms with E-state index in [1.807, 2.05) is 22.6 Å². The zero-order chi connectivity index (χ0) is 14.9. The van der Waals surface area contributed by atoms with Gasteiger partial charge in [0.05, 0.1) is 5.69 Å². The number of halogens is 1. The summed E-state index contributed by atoms with van der Waals surface area (Å²) in [6.45, 7) is 1.40. The Kier molecular flexibility index (Phi) is 4.04. The Balaban J connectivity index is 2.41. The van der Waals surface area contributed by atoms with Crippen LogP contribution in [0.5, 0.6) is 0 Å². The summed E-state index contributed by atoms with van der Waals surface area (Å²) < 4.78 is 32.5. The van der Waals surface area contributed by atoms with Crippen molar-refractivity contribution in [1.29, 1.82) is 0 Å². The van der Waals surface area contributed by atoms with Crippen LogP contribution in [0.4, 0.5) is 5.69 Å². The van der Waals surface area contributed by atoms with E-state index in [0.717, 1.165) is 9.64 Å². The molecule has 2 aromatic rings. The molecular formula is C12H10INO5S.